The lowest BCUT2D eigenvalue weighted by Gasteiger charge is -2.06. The fraction of sp³-hybridized carbons (Fsp3) is 0.400. The summed E-state index contributed by atoms with van der Waals surface area (Å²) >= 11 is 0. The number of rotatable bonds is 8. The number of carbonyl (C=O) groups is 3. The van der Waals surface area contributed by atoms with E-state index in [2.05, 4.69) is 6.92 Å². The molecule has 0 saturated heterocycles. The molecule has 0 aliphatic rings. The zero-order valence-electron chi connectivity index (χ0n) is 11.8. The van der Waals surface area contributed by atoms with Crippen molar-refractivity contribution >= 4 is 17.9 Å². The largest absolute Gasteiger partial charge is 0.478 e. The minimum Gasteiger partial charge on any atom is -0.478 e. The zero-order valence-corrected chi connectivity index (χ0v) is 11.8. The molecule has 21 heavy (non-hydrogen) atoms. The van der Waals surface area contributed by atoms with E-state index in [0.29, 0.717) is 0 Å². The summed E-state index contributed by atoms with van der Waals surface area (Å²) in [4.78, 5) is 33.7. The standard InChI is InChI=1S/C15H18O6/c1-2-3-4-5-6-21-15(20)12-8-10(13(16)17)7-11(9-12)14(18)19/h7-9H,2-6H2,1H3,(H,16,17)(H,18,19). The maximum Gasteiger partial charge on any atom is 0.338 e. The molecular formula is C15H18O6. The number of esters is 1. The smallest absolute Gasteiger partial charge is 0.338 e. The lowest BCUT2D eigenvalue weighted by molar-refractivity contribution is 0.0498. The molecule has 6 heteroatoms. The molecule has 0 radical (unpaired) electrons. The molecule has 0 heterocycles. The number of hydrogen-bond acceptors (Lipinski definition) is 4. The quantitative estimate of drug-likeness (QED) is 0.564. The molecule has 2 N–H and O–H groups in total. The van der Waals surface area contributed by atoms with Gasteiger partial charge in [0.25, 0.3) is 0 Å². The lowest BCUT2D eigenvalue weighted by Crippen LogP contribution is -2.11. The van der Waals surface area contributed by atoms with Crippen LogP contribution in [0.4, 0.5) is 0 Å². The number of carboxylic acids is 2. The molecule has 0 fully saturated rings. The molecule has 0 aromatic heterocycles. The van der Waals surface area contributed by atoms with Crippen molar-refractivity contribution in [3.8, 4) is 0 Å². The number of carboxylic acid groups (broad SMARTS) is 2. The van der Waals surface area contributed by atoms with E-state index in [1.54, 1.807) is 0 Å². The highest BCUT2D eigenvalue weighted by atomic mass is 16.5. The Labute approximate surface area is 122 Å². The van der Waals surface area contributed by atoms with Crippen LogP contribution >= 0.6 is 0 Å². The van der Waals surface area contributed by atoms with Crippen molar-refractivity contribution in [2.45, 2.75) is 32.6 Å². The van der Waals surface area contributed by atoms with Crippen molar-refractivity contribution in [3.05, 3.63) is 34.9 Å². The van der Waals surface area contributed by atoms with Crippen molar-refractivity contribution in [2.75, 3.05) is 6.61 Å². The Balaban J connectivity index is 2.78. The number of benzene rings is 1. The van der Waals surface area contributed by atoms with Gasteiger partial charge in [-0.05, 0) is 24.6 Å². The SMILES string of the molecule is CCCCCCOC(=O)c1cc(C(=O)O)cc(C(=O)O)c1. The van der Waals surface area contributed by atoms with Crippen LogP contribution in [0.15, 0.2) is 18.2 Å². The van der Waals surface area contributed by atoms with E-state index >= 15 is 0 Å². The fourth-order valence-electron chi connectivity index (χ4n) is 1.77. The van der Waals surface area contributed by atoms with Crippen LogP contribution in [0.5, 0.6) is 0 Å². The maximum atomic E-state index is 11.8. The number of ether oxygens (including phenoxy) is 1. The summed E-state index contributed by atoms with van der Waals surface area (Å²) in [6, 6.07) is 3.23. The summed E-state index contributed by atoms with van der Waals surface area (Å²) in [5.41, 5.74) is -0.580. The molecule has 0 spiro atoms. The molecule has 0 unspecified atom stereocenters. The zero-order chi connectivity index (χ0) is 15.8. The Morgan fingerprint density at radius 3 is 1.90 bits per heavy atom. The summed E-state index contributed by atoms with van der Waals surface area (Å²) in [7, 11) is 0. The second-order valence-corrected chi connectivity index (χ2v) is 4.61. The molecule has 0 aliphatic heterocycles. The monoisotopic (exact) mass is 294 g/mol. The van der Waals surface area contributed by atoms with E-state index in [1.807, 2.05) is 0 Å². The summed E-state index contributed by atoms with van der Waals surface area (Å²) < 4.78 is 5.02. The summed E-state index contributed by atoms with van der Waals surface area (Å²) in [6.45, 7) is 2.30. The molecule has 1 aromatic rings. The molecule has 0 bridgehead atoms. The van der Waals surface area contributed by atoms with Crippen LogP contribution in [-0.2, 0) is 4.74 Å². The predicted molar refractivity (Wildman–Crippen MR) is 74.8 cm³/mol. The maximum absolute atomic E-state index is 11.8. The van der Waals surface area contributed by atoms with Gasteiger partial charge in [0, 0.05) is 0 Å². The Hall–Kier alpha value is -2.37. The van der Waals surface area contributed by atoms with Gasteiger partial charge in [-0.15, -0.1) is 0 Å². The minimum atomic E-state index is -1.30. The van der Waals surface area contributed by atoms with Crippen LogP contribution in [0.25, 0.3) is 0 Å². The minimum absolute atomic E-state index is 0.0669. The third-order valence-electron chi connectivity index (χ3n) is 2.89. The fourth-order valence-corrected chi connectivity index (χ4v) is 1.77. The first kappa shape index (κ1) is 16.7. The van der Waals surface area contributed by atoms with Crippen LogP contribution in [0.3, 0.4) is 0 Å². The van der Waals surface area contributed by atoms with Crippen LogP contribution in [-0.4, -0.2) is 34.7 Å². The second kappa shape index (κ2) is 8.04. The number of unbranched alkanes of at least 4 members (excludes halogenated alkanes) is 3. The van der Waals surface area contributed by atoms with E-state index in [1.165, 1.54) is 0 Å². The molecule has 0 saturated carbocycles. The van der Waals surface area contributed by atoms with Gasteiger partial charge in [-0.25, -0.2) is 14.4 Å². The van der Waals surface area contributed by atoms with Crippen LogP contribution in [0.1, 0.15) is 63.7 Å². The van der Waals surface area contributed by atoms with Crippen LogP contribution in [0.2, 0.25) is 0 Å². The van der Waals surface area contributed by atoms with Gasteiger partial charge in [-0.2, -0.15) is 0 Å². The molecule has 1 rings (SSSR count). The first-order valence-corrected chi connectivity index (χ1v) is 6.74. The normalized spacial score (nSPS) is 10.1. The molecule has 1 aromatic carbocycles. The highest BCUT2D eigenvalue weighted by Gasteiger charge is 2.16. The van der Waals surface area contributed by atoms with Gasteiger partial charge in [-0.3, -0.25) is 0 Å². The highest BCUT2D eigenvalue weighted by molar-refractivity contribution is 5.99. The summed E-state index contributed by atoms with van der Waals surface area (Å²) in [6.07, 6.45) is 3.79. The van der Waals surface area contributed by atoms with Gasteiger partial charge in [0.15, 0.2) is 0 Å². The van der Waals surface area contributed by atoms with Crippen molar-refractivity contribution in [3.63, 3.8) is 0 Å². The first-order chi connectivity index (χ1) is 9.95. The molecule has 0 atom stereocenters. The van der Waals surface area contributed by atoms with Gasteiger partial charge in [0.05, 0.1) is 23.3 Å². The van der Waals surface area contributed by atoms with E-state index in [-0.39, 0.29) is 23.3 Å². The summed E-state index contributed by atoms with van der Waals surface area (Å²) in [5, 5.41) is 17.9. The van der Waals surface area contributed by atoms with Crippen molar-refractivity contribution < 1.29 is 29.3 Å². The lowest BCUT2D eigenvalue weighted by atomic mass is 10.1. The third kappa shape index (κ3) is 5.25. The number of hydrogen-bond donors (Lipinski definition) is 2. The van der Waals surface area contributed by atoms with E-state index < -0.39 is 17.9 Å². The molecule has 114 valence electrons. The van der Waals surface area contributed by atoms with E-state index in [4.69, 9.17) is 14.9 Å². The third-order valence-corrected chi connectivity index (χ3v) is 2.89. The molecule has 6 nitrogen and oxygen atoms in total. The number of carbonyl (C=O) groups excluding carboxylic acids is 1. The van der Waals surface area contributed by atoms with Gasteiger partial charge in [0.1, 0.15) is 0 Å². The van der Waals surface area contributed by atoms with Crippen LogP contribution < -0.4 is 0 Å². The van der Waals surface area contributed by atoms with Gasteiger partial charge < -0.3 is 14.9 Å². The topological polar surface area (TPSA) is 101 Å². The Morgan fingerprint density at radius 2 is 1.43 bits per heavy atom. The van der Waals surface area contributed by atoms with Crippen LogP contribution in [0, 0.1) is 0 Å². The Kier molecular flexibility index (Phi) is 6.39. The van der Waals surface area contributed by atoms with Gasteiger partial charge in [-0.1, -0.05) is 26.2 Å². The average Bonchev–Trinajstić information content (AvgIpc) is 2.46. The van der Waals surface area contributed by atoms with Crippen molar-refractivity contribution in [2.24, 2.45) is 0 Å². The first-order valence-electron chi connectivity index (χ1n) is 6.74. The molecular weight excluding hydrogens is 276 g/mol. The second-order valence-electron chi connectivity index (χ2n) is 4.61. The van der Waals surface area contributed by atoms with Crippen molar-refractivity contribution in [1.29, 1.82) is 0 Å². The van der Waals surface area contributed by atoms with E-state index in [9.17, 15) is 14.4 Å². The highest BCUT2D eigenvalue weighted by Crippen LogP contribution is 2.13. The Bertz CT molecular complexity index is 503. The molecule has 0 aliphatic carbocycles. The predicted octanol–water partition coefficient (Wildman–Crippen LogP) is 2.82. The Morgan fingerprint density at radius 1 is 0.905 bits per heavy atom. The van der Waals surface area contributed by atoms with Crippen molar-refractivity contribution in [1.82, 2.24) is 0 Å². The molecule has 0 amide bonds. The van der Waals surface area contributed by atoms with Gasteiger partial charge in [0.2, 0.25) is 0 Å². The average molecular weight is 294 g/mol. The summed E-state index contributed by atoms with van der Waals surface area (Å²) in [5.74, 6) is -3.30. The van der Waals surface area contributed by atoms with E-state index in [0.717, 1.165) is 43.9 Å². The van der Waals surface area contributed by atoms with Gasteiger partial charge >= 0.3 is 17.9 Å². The number of aromatic carboxylic acids is 2.